The maximum Gasteiger partial charge on any atom is 0.332 e. The molecule has 0 atom stereocenters. The van der Waals surface area contributed by atoms with Crippen LogP contribution in [0, 0.1) is 10.1 Å². The Morgan fingerprint density at radius 1 is 1.04 bits per heavy atom. The molecule has 0 spiro atoms. The summed E-state index contributed by atoms with van der Waals surface area (Å²) in [5.41, 5.74) is 1.31. The van der Waals surface area contributed by atoms with Crippen LogP contribution in [0.15, 0.2) is 59.5 Å². The number of non-ortho nitro benzene ring substituents is 1. The first-order chi connectivity index (χ1) is 11.3. The average molecular weight is 368 g/mol. The number of nitrogens with zero attached hydrogens (tertiary/aromatic N) is 1. The number of nitro benzene ring substituents is 1. The molecule has 0 saturated carbocycles. The minimum atomic E-state index is -4.78. The normalized spacial score (nSPS) is 12.1. The molecule has 0 saturated heterocycles. The Labute approximate surface area is 143 Å². The van der Waals surface area contributed by atoms with E-state index in [9.17, 15) is 22.4 Å². The van der Waals surface area contributed by atoms with Crippen LogP contribution in [-0.2, 0) is 10.2 Å². The monoisotopic (exact) mass is 367 g/mol. The molecule has 2 aromatic carbocycles. The number of allylic oxidation sites excluding steroid dienone is 2. The van der Waals surface area contributed by atoms with Gasteiger partial charge in [-0.3, -0.25) is 10.1 Å². The van der Waals surface area contributed by atoms with E-state index in [1.165, 1.54) is 18.2 Å². The van der Waals surface area contributed by atoms with Crippen molar-refractivity contribution in [3.8, 4) is 0 Å². The lowest BCUT2D eigenvalue weighted by Gasteiger charge is -2.00. The molecule has 124 valence electrons. The van der Waals surface area contributed by atoms with Crippen molar-refractivity contribution in [1.29, 1.82) is 0 Å². The minimum Gasteiger partial charge on any atom is -0.258 e. The second-order valence-corrected chi connectivity index (χ2v) is 6.44. The van der Waals surface area contributed by atoms with Crippen molar-refractivity contribution >= 4 is 39.7 Å². The van der Waals surface area contributed by atoms with Crippen LogP contribution in [-0.4, -0.2) is 13.3 Å². The van der Waals surface area contributed by atoms with Crippen LogP contribution in [0.5, 0.6) is 0 Å². The average Bonchev–Trinajstić information content (AvgIpc) is 2.52. The first-order valence-corrected chi connectivity index (χ1v) is 8.37. The van der Waals surface area contributed by atoms with E-state index in [1.54, 1.807) is 36.4 Å². The molecular weight excluding hydrogens is 357 g/mol. The quantitative estimate of drug-likeness (QED) is 0.334. The molecule has 0 radical (unpaired) electrons. The molecule has 0 unspecified atom stereocenters. The molecule has 0 heterocycles. The van der Waals surface area contributed by atoms with Gasteiger partial charge in [-0.2, -0.15) is 8.42 Å². The van der Waals surface area contributed by atoms with Crippen molar-refractivity contribution in [2.24, 2.45) is 0 Å². The van der Waals surface area contributed by atoms with E-state index in [-0.39, 0.29) is 10.7 Å². The molecule has 0 amide bonds. The number of nitro groups is 1. The fourth-order valence-electron chi connectivity index (χ4n) is 1.83. The summed E-state index contributed by atoms with van der Waals surface area (Å²) in [5.74, 6) is 0. The second-order valence-electron chi connectivity index (χ2n) is 4.69. The minimum absolute atomic E-state index is 0.0115. The van der Waals surface area contributed by atoms with Gasteiger partial charge in [-0.25, -0.2) is 0 Å². The Balaban J connectivity index is 2.10. The van der Waals surface area contributed by atoms with Crippen molar-refractivity contribution in [3.63, 3.8) is 0 Å². The molecular formula is C16H11ClFNO4S. The van der Waals surface area contributed by atoms with Gasteiger partial charge in [-0.1, -0.05) is 42.0 Å². The molecule has 0 aliphatic heterocycles. The predicted octanol–water partition coefficient (Wildman–Crippen LogP) is 4.63. The van der Waals surface area contributed by atoms with Gasteiger partial charge in [-0.15, -0.1) is 3.89 Å². The van der Waals surface area contributed by atoms with Gasteiger partial charge in [0.15, 0.2) is 0 Å². The first-order valence-electron chi connectivity index (χ1n) is 6.61. The highest BCUT2D eigenvalue weighted by atomic mass is 35.5. The van der Waals surface area contributed by atoms with Crippen molar-refractivity contribution in [2.45, 2.75) is 4.90 Å². The molecule has 8 heteroatoms. The Morgan fingerprint density at radius 2 is 1.67 bits per heavy atom. The third kappa shape index (κ3) is 4.74. The third-order valence-corrected chi connectivity index (χ3v) is 4.18. The zero-order chi connectivity index (χ0) is 17.7. The number of halogens is 2. The summed E-state index contributed by atoms with van der Waals surface area (Å²) in [5, 5.41) is 10.7. The molecule has 0 aliphatic carbocycles. The predicted molar refractivity (Wildman–Crippen MR) is 90.9 cm³/mol. The van der Waals surface area contributed by atoms with E-state index in [2.05, 4.69) is 0 Å². The fourth-order valence-corrected chi connectivity index (χ4v) is 2.63. The number of hydrogen-bond acceptors (Lipinski definition) is 4. The van der Waals surface area contributed by atoms with E-state index < -0.39 is 20.0 Å². The summed E-state index contributed by atoms with van der Waals surface area (Å²) in [6.07, 6.45) is 6.71. The van der Waals surface area contributed by atoms with Gasteiger partial charge < -0.3 is 0 Å². The van der Waals surface area contributed by atoms with Crippen LogP contribution in [0.3, 0.4) is 0 Å². The molecule has 24 heavy (non-hydrogen) atoms. The molecule has 0 bridgehead atoms. The van der Waals surface area contributed by atoms with Crippen molar-refractivity contribution in [1.82, 2.24) is 0 Å². The number of rotatable bonds is 5. The molecule has 0 fully saturated rings. The summed E-state index contributed by atoms with van der Waals surface area (Å²) in [6.45, 7) is 0. The van der Waals surface area contributed by atoms with Gasteiger partial charge in [0.1, 0.15) is 0 Å². The second kappa shape index (κ2) is 7.37. The molecule has 2 aromatic rings. The largest absolute Gasteiger partial charge is 0.332 e. The van der Waals surface area contributed by atoms with Gasteiger partial charge in [-0.05, 0) is 35.4 Å². The van der Waals surface area contributed by atoms with Gasteiger partial charge in [0.05, 0.1) is 9.82 Å². The van der Waals surface area contributed by atoms with Crippen LogP contribution < -0.4 is 0 Å². The highest BCUT2D eigenvalue weighted by molar-refractivity contribution is 7.86. The Kier molecular flexibility index (Phi) is 5.48. The van der Waals surface area contributed by atoms with Crippen molar-refractivity contribution < 1.29 is 17.2 Å². The maximum absolute atomic E-state index is 12.8. The number of hydrogen-bond donors (Lipinski definition) is 0. The summed E-state index contributed by atoms with van der Waals surface area (Å²) >= 11 is 5.91. The molecule has 2 rings (SSSR count). The lowest BCUT2D eigenvalue weighted by molar-refractivity contribution is -0.384. The maximum atomic E-state index is 12.8. The fraction of sp³-hybridized carbons (Fsp3) is 0. The Hall–Kier alpha value is -2.51. The van der Waals surface area contributed by atoms with Crippen LogP contribution >= 0.6 is 11.6 Å². The topological polar surface area (TPSA) is 77.3 Å². The zero-order valence-electron chi connectivity index (χ0n) is 12.1. The number of benzene rings is 2. The smallest absolute Gasteiger partial charge is 0.258 e. The van der Waals surface area contributed by atoms with E-state index in [0.29, 0.717) is 5.56 Å². The van der Waals surface area contributed by atoms with Crippen LogP contribution in [0.4, 0.5) is 9.57 Å². The highest BCUT2D eigenvalue weighted by Crippen LogP contribution is 2.23. The molecule has 0 N–H and O–H groups in total. The summed E-state index contributed by atoms with van der Waals surface area (Å²) in [7, 11) is -4.78. The molecule has 5 nitrogen and oxygen atoms in total. The lowest BCUT2D eigenvalue weighted by atomic mass is 10.1. The van der Waals surface area contributed by atoms with E-state index in [4.69, 9.17) is 11.6 Å². The van der Waals surface area contributed by atoms with E-state index in [0.717, 1.165) is 17.7 Å². The lowest BCUT2D eigenvalue weighted by Crippen LogP contribution is -1.91. The zero-order valence-corrected chi connectivity index (χ0v) is 13.7. The van der Waals surface area contributed by atoms with Gasteiger partial charge in [0, 0.05) is 17.2 Å². The molecule has 0 aliphatic rings. The summed E-state index contributed by atoms with van der Waals surface area (Å²) in [6, 6.07) is 9.57. The van der Waals surface area contributed by atoms with E-state index in [1.807, 2.05) is 0 Å². The standard InChI is InChI=1S/C16H11ClFNO4S/c17-16-11-15(24(18,22)23)10-7-13(16)4-2-1-3-12-5-8-14(9-6-12)19(20)21/h1-11H/b3-1+,4-2+. The van der Waals surface area contributed by atoms with Crippen LogP contribution in [0.1, 0.15) is 11.1 Å². The Morgan fingerprint density at radius 3 is 2.21 bits per heavy atom. The summed E-state index contributed by atoms with van der Waals surface area (Å²) < 4.78 is 34.4. The van der Waals surface area contributed by atoms with Crippen molar-refractivity contribution in [2.75, 3.05) is 0 Å². The van der Waals surface area contributed by atoms with Crippen LogP contribution in [0.25, 0.3) is 12.2 Å². The van der Waals surface area contributed by atoms with Gasteiger partial charge in [0.25, 0.3) is 5.69 Å². The SMILES string of the molecule is O=[N+]([O-])c1ccc(/C=C/C=C/c2ccc(S(=O)(=O)F)cc2Cl)cc1. The Bertz CT molecular complexity index is 922. The molecule has 0 aromatic heterocycles. The van der Waals surface area contributed by atoms with Gasteiger partial charge in [0.2, 0.25) is 0 Å². The highest BCUT2D eigenvalue weighted by Gasteiger charge is 2.12. The van der Waals surface area contributed by atoms with Crippen molar-refractivity contribution in [3.05, 3.63) is 80.9 Å². The van der Waals surface area contributed by atoms with Crippen LogP contribution in [0.2, 0.25) is 5.02 Å². The summed E-state index contributed by atoms with van der Waals surface area (Å²) in [4.78, 5) is 9.58. The first kappa shape index (κ1) is 17.8. The van der Waals surface area contributed by atoms with Gasteiger partial charge >= 0.3 is 10.2 Å². The van der Waals surface area contributed by atoms with E-state index >= 15 is 0 Å². The third-order valence-electron chi connectivity index (χ3n) is 3.03.